The van der Waals surface area contributed by atoms with Crippen LogP contribution in [0.3, 0.4) is 0 Å². The van der Waals surface area contributed by atoms with Crippen molar-refractivity contribution in [3.05, 3.63) is 37.9 Å². The molecule has 0 amide bonds. The zero-order valence-corrected chi connectivity index (χ0v) is 19.5. The Hall–Kier alpha value is -2.85. The number of hydrogen-bond donors (Lipinski definition) is 1. The monoisotopic (exact) mass is 461 g/mol. The summed E-state index contributed by atoms with van der Waals surface area (Å²) in [6.07, 6.45) is 0.754. The van der Waals surface area contributed by atoms with Gasteiger partial charge in [0.2, 0.25) is 18.4 Å². The Morgan fingerprint density at radius 3 is 2.66 bits per heavy atom. The molecule has 0 saturated heterocycles. The summed E-state index contributed by atoms with van der Waals surface area (Å²) in [6.45, 7) is 5.06. The second-order valence-corrected chi connectivity index (χ2v) is 8.23. The molecule has 1 N–H and O–H groups in total. The van der Waals surface area contributed by atoms with Crippen LogP contribution in [0.1, 0.15) is 47.8 Å². The lowest BCUT2D eigenvalue weighted by molar-refractivity contribution is 0.0918. The Morgan fingerprint density at radius 2 is 2.00 bits per heavy atom. The van der Waals surface area contributed by atoms with E-state index in [9.17, 15) is 14.7 Å². The Bertz CT molecular complexity index is 1200. The summed E-state index contributed by atoms with van der Waals surface area (Å²) >= 11 is 5.33. The predicted octanol–water partition coefficient (Wildman–Crippen LogP) is 2.66. The molecule has 0 radical (unpaired) electrons. The van der Waals surface area contributed by atoms with Crippen LogP contribution < -0.4 is 19.8 Å². The molecule has 2 aliphatic rings. The van der Waals surface area contributed by atoms with E-state index in [1.807, 2.05) is 13.1 Å². The quantitative estimate of drug-likeness (QED) is 0.518. The van der Waals surface area contributed by atoms with E-state index in [0.29, 0.717) is 30.3 Å². The number of ketones is 1. The number of aromatic nitrogens is 2. The molecule has 4 rings (SSSR count). The number of benzene rings is 1. The first-order valence-electron chi connectivity index (χ1n) is 10.6. The van der Waals surface area contributed by atoms with Crippen molar-refractivity contribution in [3.8, 4) is 23.1 Å². The standard InChI is InChI=1S/C22H27N3O6S/c1-5-24-20(27)17(21(28)25(6-2)22(24)32)14(26)10-13-16-12(7-8-23(13)3)9-15-18(19(16)29-4)31-11-30-15/h9,13,27H,5-8,10-11H2,1-4H3. The number of rotatable bonds is 6. The third-order valence-electron chi connectivity index (χ3n) is 6.24. The van der Waals surface area contributed by atoms with Crippen molar-refractivity contribution in [1.29, 1.82) is 0 Å². The van der Waals surface area contributed by atoms with Crippen LogP contribution in [-0.4, -0.2) is 52.4 Å². The molecular formula is C22H27N3O6S. The summed E-state index contributed by atoms with van der Waals surface area (Å²) in [5.74, 6) is 0.863. The first-order chi connectivity index (χ1) is 15.3. The predicted molar refractivity (Wildman–Crippen MR) is 120 cm³/mol. The summed E-state index contributed by atoms with van der Waals surface area (Å²) in [7, 11) is 3.48. The van der Waals surface area contributed by atoms with Gasteiger partial charge >= 0.3 is 0 Å². The summed E-state index contributed by atoms with van der Waals surface area (Å²) in [5, 5.41) is 10.7. The highest BCUT2D eigenvalue weighted by Crippen LogP contribution is 2.50. The Morgan fingerprint density at radius 1 is 1.28 bits per heavy atom. The van der Waals surface area contributed by atoms with Crippen LogP contribution >= 0.6 is 12.2 Å². The molecule has 1 unspecified atom stereocenters. The lowest BCUT2D eigenvalue weighted by Gasteiger charge is -2.35. The third kappa shape index (κ3) is 3.38. The molecule has 0 aliphatic carbocycles. The van der Waals surface area contributed by atoms with Crippen molar-refractivity contribution < 1.29 is 24.1 Å². The van der Waals surface area contributed by atoms with Gasteiger partial charge in [-0.25, -0.2) is 0 Å². The number of hydrogen-bond acceptors (Lipinski definition) is 8. The molecule has 1 aromatic heterocycles. The van der Waals surface area contributed by atoms with Gasteiger partial charge in [-0.3, -0.25) is 23.6 Å². The van der Waals surface area contributed by atoms with Gasteiger partial charge in [-0.15, -0.1) is 0 Å². The molecule has 9 nitrogen and oxygen atoms in total. The molecule has 0 bridgehead atoms. The fourth-order valence-electron chi connectivity index (χ4n) is 4.56. The van der Waals surface area contributed by atoms with Crippen molar-refractivity contribution in [2.75, 3.05) is 27.5 Å². The third-order valence-corrected chi connectivity index (χ3v) is 6.68. The number of carbonyl (C=O) groups is 1. The number of Topliss-reactive ketones (excluding diaryl/α,β-unsaturated/α-hetero) is 1. The van der Waals surface area contributed by atoms with Gasteiger partial charge in [-0.05, 0) is 51.2 Å². The Balaban J connectivity index is 1.81. The van der Waals surface area contributed by atoms with Crippen LogP contribution in [0.15, 0.2) is 10.9 Å². The summed E-state index contributed by atoms with van der Waals surface area (Å²) in [6, 6.07) is 1.58. The smallest absolute Gasteiger partial charge is 0.269 e. The minimum Gasteiger partial charge on any atom is -0.494 e. The van der Waals surface area contributed by atoms with Crippen LogP contribution in [-0.2, 0) is 19.5 Å². The molecule has 2 aromatic rings. The van der Waals surface area contributed by atoms with Crippen LogP contribution in [0, 0.1) is 4.77 Å². The van der Waals surface area contributed by atoms with E-state index in [-0.39, 0.29) is 35.5 Å². The van der Waals surface area contributed by atoms with E-state index in [4.69, 9.17) is 26.4 Å². The molecule has 32 heavy (non-hydrogen) atoms. The Labute approximate surface area is 190 Å². The maximum Gasteiger partial charge on any atom is 0.269 e. The van der Waals surface area contributed by atoms with Gasteiger partial charge in [0.05, 0.1) is 7.11 Å². The van der Waals surface area contributed by atoms with Crippen LogP contribution in [0.25, 0.3) is 0 Å². The fourth-order valence-corrected chi connectivity index (χ4v) is 4.98. The molecule has 1 atom stereocenters. The van der Waals surface area contributed by atoms with E-state index in [0.717, 1.165) is 24.1 Å². The van der Waals surface area contributed by atoms with Crippen molar-refractivity contribution in [2.24, 2.45) is 0 Å². The zero-order valence-electron chi connectivity index (χ0n) is 18.6. The molecule has 2 aliphatic heterocycles. The van der Waals surface area contributed by atoms with Gasteiger partial charge in [0.25, 0.3) is 5.56 Å². The second-order valence-electron chi connectivity index (χ2n) is 7.86. The van der Waals surface area contributed by atoms with E-state index in [1.54, 1.807) is 21.0 Å². The molecule has 3 heterocycles. The molecule has 0 spiro atoms. The molecule has 0 fully saturated rings. The molecule has 1 aromatic carbocycles. The van der Waals surface area contributed by atoms with Crippen LogP contribution in [0.4, 0.5) is 0 Å². The number of nitrogens with zero attached hydrogens (tertiary/aromatic N) is 3. The molecule has 172 valence electrons. The fraction of sp³-hybridized carbons (Fsp3) is 0.500. The SMILES string of the molecule is CCn1c(O)c(C(=O)CC2c3c(cc4c(c3OC)OCO4)CCN2C)c(=O)n(CC)c1=S. The maximum atomic E-state index is 13.4. The number of carbonyl (C=O) groups excluding carboxylic acids is 1. The Kier molecular flexibility index (Phi) is 6.00. The van der Waals surface area contributed by atoms with E-state index < -0.39 is 11.3 Å². The van der Waals surface area contributed by atoms with Gasteiger partial charge in [0, 0.05) is 37.7 Å². The van der Waals surface area contributed by atoms with Gasteiger partial charge in [-0.1, -0.05) is 0 Å². The number of likely N-dealkylation sites (N-methyl/N-ethyl adjacent to an activating group) is 1. The first kappa shape index (κ1) is 22.3. The first-order valence-corrected chi connectivity index (χ1v) is 11.0. The van der Waals surface area contributed by atoms with Crippen LogP contribution in [0.5, 0.6) is 23.1 Å². The van der Waals surface area contributed by atoms with Crippen molar-refractivity contribution >= 4 is 18.0 Å². The van der Waals surface area contributed by atoms with E-state index in [1.165, 1.54) is 9.13 Å². The highest BCUT2D eigenvalue weighted by atomic mass is 32.1. The highest BCUT2D eigenvalue weighted by molar-refractivity contribution is 7.71. The van der Waals surface area contributed by atoms with Crippen molar-refractivity contribution in [3.63, 3.8) is 0 Å². The average Bonchev–Trinajstić information content (AvgIpc) is 3.23. The minimum atomic E-state index is -0.568. The van der Waals surface area contributed by atoms with Crippen molar-refractivity contribution in [1.82, 2.24) is 14.0 Å². The molecular weight excluding hydrogens is 434 g/mol. The summed E-state index contributed by atoms with van der Waals surface area (Å²) in [4.78, 5) is 28.5. The minimum absolute atomic E-state index is 0.00743. The van der Waals surface area contributed by atoms with Crippen molar-refractivity contribution in [2.45, 2.75) is 45.8 Å². The van der Waals surface area contributed by atoms with E-state index in [2.05, 4.69) is 4.90 Å². The molecule has 0 saturated carbocycles. The summed E-state index contributed by atoms with van der Waals surface area (Å²) < 4.78 is 19.8. The lowest BCUT2D eigenvalue weighted by Crippen LogP contribution is -2.36. The number of ether oxygens (including phenoxy) is 3. The average molecular weight is 462 g/mol. The van der Waals surface area contributed by atoms with Gasteiger partial charge in [0.1, 0.15) is 5.56 Å². The molecule has 10 heteroatoms. The topological polar surface area (TPSA) is 95.2 Å². The summed E-state index contributed by atoms with van der Waals surface area (Å²) in [5.41, 5.74) is 1.06. The second kappa shape index (κ2) is 8.59. The number of aromatic hydroxyl groups is 1. The van der Waals surface area contributed by atoms with Gasteiger partial charge < -0.3 is 19.3 Å². The van der Waals surface area contributed by atoms with Gasteiger partial charge in [0.15, 0.2) is 22.1 Å². The van der Waals surface area contributed by atoms with E-state index >= 15 is 0 Å². The van der Waals surface area contributed by atoms with Gasteiger partial charge in [-0.2, -0.15) is 0 Å². The highest BCUT2D eigenvalue weighted by Gasteiger charge is 2.36. The largest absolute Gasteiger partial charge is 0.494 e. The number of methoxy groups -OCH3 is 1. The number of fused-ring (bicyclic) bond motifs is 2. The lowest BCUT2D eigenvalue weighted by atomic mass is 9.87. The maximum absolute atomic E-state index is 13.4. The zero-order chi connectivity index (χ0) is 23.2. The normalized spacial score (nSPS) is 17.3. The van der Waals surface area contributed by atoms with Crippen LogP contribution in [0.2, 0.25) is 0 Å².